The van der Waals surface area contributed by atoms with Crippen molar-refractivity contribution in [2.24, 2.45) is 0 Å². The number of thioether (sulfide) groups is 1. The fraction of sp³-hybridized carbons (Fsp3) is 0.435. The highest BCUT2D eigenvalue weighted by molar-refractivity contribution is 7.99. The molecule has 1 amide bonds. The van der Waals surface area contributed by atoms with Crippen molar-refractivity contribution in [1.29, 1.82) is 0 Å². The van der Waals surface area contributed by atoms with E-state index in [-0.39, 0.29) is 11.3 Å². The van der Waals surface area contributed by atoms with Gasteiger partial charge in [0.1, 0.15) is 5.82 Å². The molecule has 3 heterocycles. The molecule has 32 heavy (non-hydrogen) atoms. The van der Waals surface area contributed by atoms with Crippen LogP contribution < -0.4 is 16.0 Å². The maximum atomic E-state index is 11.7. The molecule has 8 nitrogen and oxygen atoms in total. The Kier molecular flexibility index (Phi) is 7.16. The minimum Gasteiger partial charge on any atom is -0.369 e. The van der Waals surface area contributed by atoms with Crippen LogP contribution in [0.5, 0.6) is 0 Å². The van der Waals surface area contributed by atoms with Gasteiger partial charge >= 0.3 is 0 Å². The number of carbonyl (C=O) groups is 1. The number of hydrogen-bond acceptors (Lipinski definition) is 7. The summed E-state index contributed by atoms with van der Waals surface area (Å²) in [6, 6.07) is 8.39. The van der Waals surface area contributed by atoms with Crippen LogP contribution in [0.1, 0.15) is 25.8 Å². The Labute approximate surface area is 193 Å². The van der Waals surface area contributed by atoms with E-state index < -0.39 is 0 Å². The second kappa shape index (κ2) is 10.2. The smallest absolute Gasteiger partial charge is 0.224 e. The van der Waals surface area contributed by atoms with Crippen LogP contribution in [0.15, 0.2) is 36.7 Å². The highest BCUT2D eigenvalue weighted by Crippen LogP contribution is 2.25. The van der Waals surface area contributed by atoms with Gasteiger partial charge in [0.05, 0.1) is 10.9 Å². The Morgan fingerprint density at radius 1 is 1.28 bits per heavy atom. The lowest BCUT2D eigenvalue weighted by Crippen LogP contribution is -2.46. The van der Waals surface area contributed by atoms with E-state index in [1.54, 1.807) is 6.92 Å². The lowest BCUT2D eigenvalue weighted by atomic mass is 10.2. The lowest BCUT2D eigenvalue weighted by Gasteiger charge is -2.32. The van der Waals surface area contributed by atoms with Crippen LogP contribution in [0.3, 0.4) is 0 Å². The van der Waals surface area contributed by atoms with Crippen LogP contribution in [0.4, 0.5) is 11.8 Å². The molecule has 1 fully saturated rings. The molecule has 1 aliphatic heterocycles. The zero-order valence-electron chi connectivity index (χ0n) is 18.9. The topological polar surface area (TPSA) is 87.1 Å². The summed E-state index contributed by atoms with van der Waals surface area (Å²) in [6.07, 6.45) is 5.25. The molecule has 0 radical (unpaired) electrons. The summed E-state index contributed by atoms with van der Waals surface area (Å²) < 4.78 is 2.12. The van der Waals surface area contributed by atoms with E-state index in [1.165, 1.54) is 5.56 Å². The first-order valence-corrected chi connectivity index (χ1v) is 12.1. The predicted molar refractivity (Wildman–Crippen MR) is 133 cm³/mol. The molecule has 1 aliphatic rings. The minimum atomic E-state index is 0.151. The number of aromatic nitrogens is 3. The van der Waals surface area contributed by atoms with E-state index in [1.807, 2.05) is 23.7 Å². The zero-order valence-corrected chi connectivity index (χ0v) is 19.7. The van der Waals surface area contributed by atoms with Crippen LogP contribution in [-0.2, 0) is 11.3 Å². The number of fused-ring (bicyclic) bond motifs is 1. The molecule has 0 spiro atoms. The summed E-state index contributed by atoms with van der Waals surface area (Å²) in [5.74, 6) is 2.59. The number of nitrogens with one attached hydrogen (secondary N) is 3. The van der Waals surface area contributed by atoms with Gasteiger partial charge in [-0.05, 0) is 36.2 Å². The molecule has 1 aromatic carbocycles. The molecule has 1 saturated heterocycles. The summed E-state index contributed by atoms with van der Waals surface area (Å²) in [7, 11) is 1.83. The summed E-state index contributed by atoms with van der Waals surface area (Å²) in [4.78, 5) is 22.8. The van der Waals surface area contributed by atoms with E-state index in [9.17, 15) is 4.79 Å². The Hall–Kier alpha value is -2.78. The first kappa shape index (κ1) is 22.4. The number of hydrogen-bond donors (Lipinski definition) is 3. The quantitative estimate of drug-likeness (QED) is 0.482. The van der Waals surface area contributed by atoms with Crippen molar-refractivity contribution in [2.75, 3.05) is 43.1 Å². The van der Waals surface area contributed by atoms with Crippen molar-refractivity contribution in [1.82, 2.24) is 24.8 Å². The Morgan fingerprint density at radius 3 is 2.94 bits per heavy atom. The van der Waals surface area contributed by atoms with E-state index in [0.717, 1.165) is 60.8 Å². The third-order valence-electron chi connectivity index (χ3n) is 5.54. The average Bonchev–Trinajstić information content (AvgIpc) is 3.30. The molecule has 2 aromatic heterocycles. The van der Waals surface area contributed by atoms with Crippen LogP contribution in [0.25, 0.3) is 16.6 Å². The first-order valence-electron chi connectivity index (χ1n) is 11.1. The van der Waals surface area contributed by atoms with Gasteiger partial charge in [-0.2, -0.15) is 4.98 Å². The van der Waals surface area contributed by atoms with Gasteiger partial charge in [0, 0.05) is 69.4 Å². The van der Waals surface area contributed by atoms with E-state index in [4.69, 9.17) is 0 Å². The van der Waals surface area contributed by atoms with Crippen molar-refractivity contribution in [3.05, 3.63) is 42.2 Å². The number of amides is 1. The summed E-state index contributed by atoms with van der Waals surface area (Å²) in [6.45, 7) is 7.01. The number of rotatable bonds is 8. The van der Waals surface area contributed by atoms with Gasteiger partial charge in [-0.25, -0.2) is 4.98 Å². The van der Waals surface area contributed by atoms with Gasteiger partial charge in [-0.1, -0.05) is 6.92 Å². The van der Waals surface area contributed by atoms with Gasteiger partial charge in [0.2, 0.25) is 11.9 Å². The maximum absolute atomic E-state index is 11.7. The van der Waals surface area contributed by atoms with Crippen molar-refractivity contribution in [3.63, 3.8) is 0 Å². The lowest BCUT2D eigenvalue weighted by molar-refractivity contribution is -0.128. The average molecular weight is 454 g/mol. The van der Waals surface area contributed by atoms with Crippen molar-refractivity contribution in [2.45, 2.75) is 32.2 Å². The SMILES string of the molecule is CCCNc1nc(NC)nc2cc(-n3ccc(CNC4CN(C(C)=O)CCS4)c3)ccc12. The van der Waals surface area contributed by atoms with E-state index in [0.29, 0.717) is 5.95 Å². The second-order valence-electron chi connectivity index (χ2n) is 7.91. The van der Waals surface area contributed by atoms with Crippen LogP contribution in [-0.4, -0.2) is 63.2 Å². The highest BCUT2D eigenvalue weighted by Gasteiger charge is 2.21. The van der Waals surface area contributed by atoms with Gasteiger partial charge in [-0.3, -0.25) is 10.1 Å². The number of carbonyl (C=O) groups excluding carboxylic acids is 1. The molecule has 4 rings (SSSR count). The normalized spacial score (nSPS) is 16.3. The monoisotopic (exact) mass is 453 g/mol. The molecule has 0 saturated carbocycles. The van der Waals surface area contributed by atoms with Gasteiger partial charge in [0.25, 0.3) is 0 Å². The predicted octanol–water partition coefficient (Wildman–Crippen LogP) is 3.30. The molecule has 3 N–H and O–H groups in total. The summed E-state index contributed by atoms with van der Waals surface area (Å²) in [5, 5.41) is 11.3. The molecule has 3 aromatic rings. The third kappa shape index (κ3) is 5.16. The molecule has 9 heteroatoms. The van der Waals surface area contributed by atoms with E-state index >= 15 is 0 Å². The number of nitrogens with zero attached hydrogens (tertiary/aromatic N) is 4. The van der Waals surface area contributed by atoms with Crippen molar-refractivity contribution >= 4 is 40.3 Å². The Morgan fingerprint density at radius 2 is 2.16 bits per heavy atom. The second-order valence-corrected chi connectivity index (χ2v) is 9.22. The molecule has 1 unspecified atom stereocenters. The fourth-order valence-corrected chi connectivity index (χ4v) is 4.86. The molecular formula is C23H31N7OS. The highest BCUT2D eigenvalue weighted by atomic mass is 32.2. The fourth-order valence-electron chi connectivity index (χ4n) is 3.76. The standard InChI is InChI=1S/C23H31N7OS/c1-4-8-25-22-19-6-5-18(12-20(19)27-23(24-3)28-22)30-9-7-17(14-30)13-26-21-15-29(16(2)31)10-11-32-21/h5-7,9,12,14,21,26H,4,8,10-11,13,15H2,1-3H3,(H2,24,25,27,28). The molecule has 170 valence electrons. The summed E-state index contributed by atoms with van der Waals surface area (Å²) in [5.41, 5.74) is 3.16. The molecule has 0 aliphatic carbocycles. The largest absolute Gasteiger partial charge is 0.369 e. The summed E-state index contributed by atoms with van der Waals surface area (Å²) >= 11 is 1.88. The molecule has 1 atom stereocenters. The minimum absolute atomic E-state index is 0.151. The Balaban J connectivity index is 1.48. The zero-order chi connectivity index (χ0) is 22.5. The van der Waals surface area contributed by atoms with Gasteiger partial charge in [-0.15, -0.1) is 11.8 Å². The third-order valence-corrected chi connectivity index (χ3v) is 6.68. The van der Waals surface area contributed by atoms with Gasteiger partial charge < -0.3 is 20.1 Å². The van der Waals surface area contributed by atoms with Gasteiger partial charge in [0.15, 0.2) is 0 Å². The van der Waals surface area contributed by atoms with Crippen molar-refractivity contribution in [3.8, 4) is 5.69 Å². The van der Waals surface area contributed by atoms with Crippen LogP contribution in [0.2, 0.25) is 0 Å². The number of benzene rings is 1. The number of anilines is 2. The Bertz CT molecular complexity index is 1080. The van der Waals surface area contributed by atoms with Crippen molar-refractivity contribution < 1.29 is 4.79 Å². The van der Waals surface area contributed by atoms with Crippen LogP contribution in [0, 0.1) is 0 Å². The van der Waals surface area contributed by atoms with Crippen LogP contribution >= 0.6 is 11.8 Å². The maximum Gasteiger partial charge on any atom is 0.224 e. The molecule has 0 bridgehead atoms. The molecular weight excluding hydrogens is 422 g/mol. The first-order chi connectivity index (χ1) is 15.6. The van der Waals surface area contributed by atoms with E-state index in [2.05, 4.69) is 74.1 Å².